The van der Waals surface area contributed by atoms with Gasteiger partial charge in [-0.15, -0.1) is 0 Å². The first-order valence-corrected chi connectivity index (χ1v) is 12.3. The van der Waals surface area contributed by atoms with Crippen LogP contribution in [0.5, 0.6) is 11.5 Å². The summed E-state index contributed by atoms with van der Waals surface area (Å²) in [6.07, 6.45) is 1.04. The number of piperidine rings is 1. The molecule has 0 radical (unpaired) electrons. The summed E-state index contributed by atoms with van der Waals surface area (Å²) in [5.74, 6) is -0.727. The van der Waals surface area contributed by atoms with Crippen molar-refractivity contribution >= 4 is 44.3 Å². The van der Waals surface area contributed by atoms with E-state index in [-0.39, 0.29) is 29.5 Å². The fraction of sp³-hybridized carbons (Fsp3) is 0.364. The van der Waals surface area contributed by atoms with Crippen LogP contribution in [0.2, 0.25) is 5.02 Å². The third-order valence-corrected chi connectivity index (χ3v) is 8.04. The van der Waals surface area contributed by atoms with Crippen LogP contribution in [0, 0.1) is 5.92 Å². The minimum absolute atomic E-state index is 0.000913. The van der Waals surface area contributed by atoms with Gasteiger partial charge < -0.3 is 19.2 Å². The monoisotopic (exact) mass is 509 g/mol. The van der Waals surface area contributed by atoms with E-state index in [1.54, 1.807) is 13.1 Å². The fourth-order valence-corrected chi connectivity index (χ4v) is 5.77. The first-order valence-electron chi connectivity index (χ1n) is 10.5. The van der Waals surface area contributed by atoms with Gasteiger partial charge in [-0.3, -0.25) is 9.36 Å². The maximum absolute atomic E-state index is 13.3. The molecule has 0 bridgehead atoms. The lowest BCUT2D eigenvalue weighted by atomic mass is 9.98. The number of halogens is 1. The number of oxazole rings is 1. The van der Waals surface area contributed by atoms with E-state index < -0.39 is 21.7 Å². The Hall–Kier alpha value is -3.02. The Kier molecular flexibility index (Phi) is 6.61. The summed E-state index contributed by atoms with van der Waals surface area (Å²) in [4.78, 5) is 24.7. The van der Waals surface area contributed by atoms with Crippen LogP contribution in [-0.2, 0) is 21.9 Å². The van der Waals surface area contributed by atoms with E-state index in [0.29, 0.717) is 40.6 Å². The first kappa shape index (κ1) is 24.1. The molecule has 182 valence electrons. The Morgan fingerprint density at radius 2 is 1.91 bits per heavy atom. The van der Waals surface area contributed by atoms with Crippen molar-refractivity contribution in [2.24, 2.45) is 13.0 Å². The summed E-state index contributed by atoms with van der Waals surface area (Å²) in [5, 5.41) is 3.09. The zero-order valence-electron chi connectivity index (χ0n) is 18.8. The molecule has 2 aromatic carbocycles. The Labute approximate surface area is 201 Å². The number of aryl methyl sites for hydroxylation is 1. The van der Waals surface area contributed by atoms with Gasteiger partial charge in [0.15, 0.2) is 5.58 Å². The third kappa shape index (κ3) is 4.38. The fourth-order valence-electron chi connectivity index (χ4n) is 3.99. The minimum atomic E-state index is -3.91. The van der Waals surface area contributed by atoms with E-state index in [1.807, 2.05) is 0 Å². The van der Waals surface area contributed by atoms with Crippen molar-refractivity contribution in [2.45, 2.75) is 17.7 Å². The normalized spacial score (nSPS) is 17.0. The number of anilines is 1. The molecule has 3 aromatic rings. The summed E-state index contributed by atoms with van der Waals surface area (Å²) in [6, 6.07) is 7.38. The lowest BCUT2D eigenvalue weighted by Gasteiger charge is -2.31. The number of sulfonamides is 1. The van der Waals surface area contributed by atoms with Crippen molar-refractivity contribution in [2.75, 3.05) is 32.6 Å². The van der Waals surface area contributed by atoms with Crippen LogP contribution in [-0.4, -0.2) is 50.5 Å². The van der Waals surface area contributed by atoms with Gasteiger partial charge in [-0.1, -0.05) is 11.6 Å². The number of ether oxygens (including phenoxy) is 2. The number of rotatable bonds is 6. The van der Waals surface area contributed by atoms with Crippen molar-refractivity contribution < 1.29 is 27.1 Å². The summed E-state index contributed by atoms with van der Waals surface area (Å²) >= 11 is 6.18. The Morgan fingerprint density at radius 3 is 2.62 bits per heavy atom. The number of fused-ring (bicyclic) bond motifs is 1. The molecule has 0 saturated carbocycles. The Balaban J connectivity index is 1.54. The van der Waals surface area contributed by atoms with E-state index in [1.165, 1.54) is 47.4 Å². The molecule has 1 aromatic heterocycles. The lowest BCUT2D eigenvalue weighted by molar-refractivity contribution is -0.120. The Bertz CT molecular complexity index is 1410. The molecule has 0 unspecified atom stereocenters. The van der Waals surface area contributed by atoms with Crippen molar-refractivity contribution in [1.29, 1.82) is 0 Å². The minimum Gasteiger partial charge on any atom is -0.495 e. The van der Waals surface area contributed by atoms with Crippen molar-refractivity contribution in [1.82, 2.24) is 8.87 Å². The average molecular weight is 510 g/mol. The van der Waals surface area contributed by atoms with Crippen LogP contribution >= 0.6 is 11.6 Å². The summed E-state index contributed by atoms with van der Waals surface area (Å²) in [5.41, 5.74) is 1.04. The second-order valence-corrected chi connectivity index (χ2v) is 10.3. The molecule has 12 heteroatoms. The third-order valence-electron chi connectivity index (χ3n) is 5.89. The number of hydrogen-bond acceptors (Lipinski definition) is 7. The van der Waals surface area contributed by atoms with Crippen LogP contribution in [0.25, 0.3) is 11.1 Å². The molecule has 0 spiro atoms. The van der Waals surface area contributed by atoms with Gasteiger partial charge in [0.05, 0.1) is 41.3 Å². The number of benzene rings is 2. The highest BCUT2D eigenvalue weighted by molar-refractivity contribution is 7.89. The van der Waals surface area contributed by atoms with Gasteiger partial charge in [0, 0.05) is 32.3 Å². The second-order valence-electron chi connectivity index (χ2n) is 7.94. The molecule has 1 N–H and O–H groups in total. The van der Waals surface area contributed by atoms with Crippen LogP contribution < -0.4 is 20.5 Å². The standard InChI is InChI=1S/C22H24ClN3O7S/c1-25-17-7-6-14(9-20(17)33-22(25)28)34(29,30)26-8-4-5-13(12-26)21(27)24-16-10-15(23)18(31-2)11-19(16)32-3/h6-7,9-11,13H,4-5,8,12H2,1-3H3,(H,24,27)/t13-/m1/s1. The topological polar surface area (TPSA) is 120 Å². The number of methoxy groups -OCH3 is 2. The molecule has 1 saturated heterocycles. The number of carbonyl (C=O) groups is 1. The van der Waals surface area contributed by atoms with Crippen LogP contribution in [0.3, 0.4) is 0 Å². The molecule has 1 amide bonds. The number of amides is 1. The SMILES string of the molecule is COc1cc(OC)c(NC(=O)[C@@H]2CCCN(S(=O)(=O)c3ccc4c(c3)oc(=O)n4C)C2)cc1Cl. The molecule has 1 atom stereocenters. The molecule has 1 aliphatic rings. The van der Waals surface area contributed by atoms with Gasteiger partial charge >= 0.3 is 5.76 Å². The van der Waals surface area contributed by atoms with Gasteiger partial charge in [-0.2, -0.15) is 4.31 Å². The molecular weight excluding hydrogens is 486 g/mol. The number of nitrogens with one attached hydrogen (secondary N) is 1. The molecule has 0 aliphatic carbocycles. The zero-order valence-corrected chi connectivity index (χ0v) is 20.4. The highest BCUT2D eigenvalue weighted by Crippen LogP contribution is 2.36. The van der Waals surface area contributed by atoms with Gasteiger partial charge in [0.2, 0.25) is 15.9 Å². The van der Waals surface area contributed by atoms with Crippen molar-refractivity contribution in [3.05, 3.63) is 45.9 Å². The number of aromatic nitrogens is 1. The van der Waals surface area contributed by atoms with E-state index in [0.717, 1.165) is 0 Å². The zero-order chi connectivity index (χ0) is 24.6. The number of hydrogen-bond donors (Lipinski definition) is 1. The molecule has 4 rings (SSSR count). The summed E-state index contributed by atoms with van der Waals surface area (Å²) < 4.78 is 44.7. The van der Waals surface area contributed by atoms with Gasteiger partial charge in [-0.25, -0.2) is 13.2 Å². The number of carbonyl (C=O) groups excluding carboxylic acids is 1. The number of nitrogens with zero attached hydrogens (tertiary/aromatic N) is 2. The van der Waals surface area contributed by atoms with Gasteiger partial charge in [0.1, 0.15) is 11.5 Å². The van der Waals surface area contributed by atoms with Crippen molar-refractivity contribution in [3.8, 4) is 11.5 Å². The molecule has 34 heavy (non-hydrogen) atoms. The molecule has 10 nitrogen and oxygen atoms in total. The van der Waals surface area contributed by atoms with Crippen LogP contribution in [0.1, 0.15) is 12.8 Å². The maximum Gasteiger partial charge on any atom is 0.419 e. The highest BCUT2D eigenvalue weighted by atomic mass is 35.5. The summed E-state index contributed by atoms with van der Waals surface area (Å²) in [6.45, 7) is 0.289. The van der Waals surface area contributed by atoms with E-state index in [9.17, 15) is 18.0 Å². The van der Waals surface area contributed by atoms with Gasteiger partial charge in [0.25, 0.3) is 0 Å². The highest BCUT2D eigenvalue weighted by Gasteiger charge is 2.34. The molecule has 1 fully saturated rings. The smallest absolute Gasteiger partial charge is 0.419 e. The summed E-state index contributed by atoms with van der Waals surface area (Å²) in [7, 11) is 0.566. The second kappa shape index (κ2) is 9.32. The molecular formula is C22H24ClN3O7S. The van der Waals surface area contributed by atoms with Crippen LogP contribution in [0.15, 0.2) is 44.4 Å². The quantitative estimate of drug-likeness (QED) is 0.542. The van der Waals surface area contributed by atoms with E-state index in [2.05, 4.69) is 5.32 Å². The van der Waals surface area contributed by atoms with Crippen LogP contribution in [0.4, 0.5) is 5.69 Å². The Morgan fingerprint density at radius 1 is 1.18 bits per heavy atom. The van der Waals surface area contributed by atoms with Gasteiger partial charge in [-0.05, 0) is 31.0 Å². The maximum atomic E-state index is 13.3. The predicted molar refractivity (Wildman–Crippen MR) is 126 cm³/mol. The van der Waals surface area contributed by atoms with Crippen molar-refractivity contribution in [3.63, 3.8) is 0 Å². The molecule has 1 aliphatic heterocycles. The van der Waals surface area contributed by atoms with E-state index >= 15 is 0 Å². The average Bonchev–Trinajstić information content (AvgIpc) is 3.12. The molecule has 2 heterocycles. The predicted octanol–water partition coefficient (Wildman–Crippen LogP) is 2.84. The van der Waals surface area contributed by atoms with E-state index in [4.69, 9.17) is 25.5 Å². The largest absolute Gasteiger partial charge is 0.495 e. The first-order chi connectivity index (χ1) is 16.1. The lowest BCUT2D eigenvalue weighted by Crippen LogP contribution is -2.43.